The molecule has 0 aliphatic carbocycles. The van der Waals surface area contributed by atoms with Gasteiger partial charge in [0.1, 0.15) is 0 Å². The van der Waals surface area contributed by atoms with E-state index in [2.05, 4.69) is 4.99 Å². The Kier molecular flexibility index (Phi) is 3.72. The molecule has 2 N–H and O–H groups in total. The van der Waals surface area contributed by atoms with Crippen LogP contribution in [0.15, 0.2) is 15.7 Å². The van der Waals surface area contributed by atoms with Crippen molar-refractivity contribution in [3.63, 3.8) is 0 Å². The van der Waals surface area contributed by atoms with Gasteiger partial charge in [-0.3, -0.25) is 9.79 Å². The molecule has 3 nitrogen and oxygen atoms in total. The molecule has 56 valence electrons. The summed E-state index contributed by atoms with van der Waals surface area (Å²) >= 11 is 5.51. The van der Waals surface area contributed by atoms with Crippen LogP contribution < -0.4 is 5.73 Å². The summed E-state index contributed by atoms with van der Waals surface area (Å²) < 4.78 is 0. The van der Waals surface area contributed by atoms with Crippen molar-refractivity contribution >= 4 is 23.6 Å². The third kappa shape index (κ3) is 2.64. The Morgan fingerprint density at radius 2 is 2.20 bits per heavy atom. The van der Waals surface area contributed by atoms with Gasteiger partial charge in [-0.05, 0) is 0 Å². The van der Waals surface area contributed by atoms with Crippen molar-refractivity contribution in [1.29, 1.82) is 0 Å². The zero-order valence-electron chi connectivity index (χ0n) is 5.89. The zero-order valence-corrected chi connectivity index (χ0v) is 6.64. The average molecular weight is 161 g/mol. The number of Topliss-reactive ketones (excluding diaryl/α,β-unsaturated/α-hetero) is 1. The van der Waals surface area contributed by atoms with E-state index < -0.39 is 0 Å². The minimum atomic E-state index is -0.245. The van der Waals surface area contributed by atoms with Crippen LogP contribution in [0.4, 0.5) is 0 Å². The van der Waals surface area contributed by atoms with E-state index in [0.717, 1.165) is 0 Å². The van der Waals surface area contributed by atoms with Gasteiger partial charge in [-0.15, -0.1) is 0 Å². The van der Waals surface area contributed by atoms with Crippen molar-refractivity contribution in [2.75, 3.05) is 7.05 Å². The fourth-order valence-corrected chi connectivity index (χ4v) is 0.582. The number of aliphatic imine (C=N–C) groups is 1. The minimum absolute atomic E-state index is 0.0484. The van der Waals surface area contributed by atoms with Crippen LogP contribution in [0.1, 0.15) is 6.92 Å². The third-order valence-corrected chi connectivity index (χ3v) is 1.18. The second-order valence-electron chi connectivity index (χ2n) is 1.71. The van der Waals surface area contributed by atoms with E-state index >= 15 is 0 Å². The first-order chi connectivity index (χ1) is 4.59. The number of ketones is 1. The summed E-state index contributed by atoms with van der Waals surface area (Å²) in [6, 6.07) is 0. The Morgan fingerprint density at radius 1 is 1.70 bits per heavy atom. The van der Waals surface area contributed by atoms with Gasteiger partial charge >= 0.3 is 0 Å². The van der Waals surface area contributed by atoms with E-state index in [1.807, 2.05) is 0 Å². The number of nitrogens with zero attached hydrogens (tertiary/aromatic N) is 1. The van der Waals surface area contributed by atoms with Gasteiger partial charge in [0.2, 0.25) is 0 Å². The van der Waals surface area contributed by atoms with E-state index in [9.17, 15) is 4.79 Å². The van der Waals surface area contributed by atoms with Crippen molar-refractivity contribution in [3.05, 3.63) is 10.7 Å². The van der Waals surface area contributed by atoms with Crippen molar-refractivity contribution in [2.45, 2.75) is 6.92 Å². The standard InChI is InChI=1S/C6H9ClN2O/c1-4(10)6(8)5(7)3-9-2/h3H,8H2,1-2H3. The van der Waals surface area contributed by atoms with Crippen LogP contribution in [0.25, 0.3) is 0 Å². The summed E-state index contributed by atoms with van der Waals surface area (Å²) in [5.74, 6) is -0.245. The van der Waals surface area contributed by atoms with Crippen LogP contribution in [-0.4, -0.2) is 19.0 Å². The molecule has 0 unspecified atom stereocenters. The SMILES string of the molecule is CN=CC(Cl)=C(N)C(C)=O. The first-order valence-electron chi connectivity index (χ1n) is 2.68. The van der Waals surface area contributed by atoms with Crippen molar-refractivity contribution in [1.82, 2.24) is 0 Å². The normalized spacial score (nSPS) is 13.5. The van der Waals surface area contributed by atoms with E-state index in [0.29, 0.717) is 0 Å². The lowest BCUT2D eigenvalue weighted by atomic mass is 10.3. The molecule has 0 aromatic carbocycles. The summed E-state index contributed by atoms with van der Waals surface area (Å²) in [6.45, 7) is 1.35. The lowest BCUT2D eigenvalue weighted by molar-refractivity contribution is -0.113. The predicted octanol–water partition coefficient (Wildman–Crippen LogP) is 0.685. The number of hydrogen-bond donors (Lipinski definition) is 1. The first kappa shape index (κ1) is 9.17. The van der Waals surface area contributed by atoms with Crippen LogP contribution >= 0.6 is 11.6 Å². The molecule has 0 spiro atoms. The Labute approximate surface area is 64.6 Å². The van der Waals surface area contributed by atoms with Crippen LogP contribution in [-0.2, 0) is 4.79 Å². The van der Waals surface area contributed by atoms with Crippen molar-refractivity contribution in [3.8, 4) is 0 Å². The quantitative estimate of drug-likeness (QED) is 0.477. The zero-order chi connectivity index (χ0) is 8.15. The Balaban J connectivity index is 4.50. The lowest BCUT2D eigenvalue weighted by Crippen LogP contribution is -2.09. The monoisotopic (exact) mass is 160 g/mol. The van der Waals surface area contributed by atoms with Gasteiger partial charge in [-0.2, -0.15) is 0 Å². The number of nitrogens with two attached hydrogens (primary N) is 1. The number of allylic oxidation sites excluding steroid dienone is 2. The van der Waals surface area contributed by atoms with E-state index in [1.54, 1.807) is 7.05 Å². The highest BCUT2D eigenvalue weighted by Crippen LogP contribution is 2.01. The van der Waals surface area contributed by atoms with Crippen LogP contribution in [0, 0.1) is 0 Å². The second-order valence-corrected chi connectivity index (χ2v) is 2.11. The van der Waals surface area contributed by atoms with Crippen LogP contribution in [0.5, 0.6) is 0 Å². The fourth-order valence-electron chi connectivity index (χ4n) is 0.351. The van der Waals surface area contributed by atoms with Gasteiger partial charge < -0.3 is 5.73 Å². The van der Waals surface area contributed by atoms with Crippen LogP contribution in [0.2, 0.25) is 0 Å². The Morgan fingerprint density at radius 3 is 2.50 bits per heavy atom. The molecule has 0 saturated carbocycles. The van der Waals surface area contributed by atoms with E-state index in [1.165, 1.54) is 13.1 Å². The molecule has 0 bridgehead atoms. The average Bonchev–Trinajstić information content (AvgIpc) is 1.87. The topological polar surface area (TPSA) is 55.4 Å². The van der Waals surface area contributed by atoms with Crippen molar-refractivity contribution in [2.24, 2.45) is 10.7 Å². The maximum absolute atomic E-state index is 10.5. The molecule has 0 aromatic rings. The third-order valence-electron chi connectivity index (χ3n) is 0.879. The highest BCUT2D eigenvalue weighted by Gasteiger charge is 2.01. The van der Waals surface area contributed by atoms with Gasteiger partial charge in [0, 0.05) is 20.2 Å². The molecule has 0 aliphatic rings. The number of carbonyl (C=O) groups excluding carboxylic acids is 1. The second kappa shape index (κ2) is 4.06. The molecule has 10 heavy (non-hydrogen) atoms. The molecule has 0 amide bonds. The highest BCUT2D eigenvalue weighted by atomic mass is 35.5. The summed E-state index contributed by atoms with van der Waals surface area (Å²) in [6.07, 6.45) is 1.33. The summed E-state index contributed by atoms with van der Waals surface area (Å²) in [5, 5.41) is 0.190. The van der Waals surface area contributed by atoms with Gasteiger partial charge in [0.15, 0.2) is 5.78 Å². The molecule has 0 saturated heterocycles. The molecule has 0 fully saturated rings. The summed E-state index contributed by atoms with van der Waals surface area (Å²) in [7, 11) is 1.55. The van der Waals surface area contributed by atoms with Gasteiger partial charge in [0.05, 0.1) is 10.7 Å². The predicted molar refractivity (Wildman–Crippen MR) is 42.2 cm³/mol. The molecule has 0 aromatic heterocycles. The van der Waals surface area contributed by atoms with Gasteiger partial charge in [0.25, 0.3) is 0 Å². The number of carbonyl (C=O) groups is 1. The maximum atomic E-state index is 10.5. The lowest BCUT2D eigenvalue weighted by Gasteiger charge is -1.93. The minimum Gasteiger partial charge on any atom is -0.395 e. The number of rotatable bonds is 2. The number of hydrogen-bond acceptors (Lipinski definition) is 3. The van der Waals surface area contributed by atoms with E-state index in [-0.39, 0.29) is 16.5 Å². The molecule has 4 heteroatoms. The molecular formula is C6H9ClN2O. The Hall–Kier alpha value is -0.830. The molecular weight excluding hydrogens is 152 g/mol. The highest BCUT2D eigenvalue weighted by molar-refractivity contribution is 6.41. The van der Waals surface area contributed by atoms with Gasteiger partial charge in [-0.1, -0.05) is 11.6 Å². The molecule has 0 radical (unpaired) electrons. The first-order valence-corrected chi connectivity index (χ1v) is 3.05. The molecule has 0 atom stereocenters. The smallest absolute Gasteiger partial charge is 0.176 e. The maximum Gasteiger partial charge on any atom is 0.176 e. The van der Waals surface area contributed by atoms with Gasteiger partial charge in [-0.25, -0.2) is 0 Å². The largest absolute Gasteiger partial charge is 0.395 e. The fraction of sp³-hybridized carbons (Fsp3) is 0.333. The molecule has 0 rings (SSSR count). The molecule has 0 aliphatic heterocycles. The van der Waals surface area contributed by atoms with E-state index in [4.69, 9.17) is 17.3 Å². The summed E-state index contributed by atoms with van der Waals surface area (Å²) in [5.41, 5.74) is 5.30. The number of halogens is 1. The Bertz CT molecular complexity index is 196. The molecule has 0 heterocycles. The van der Waals surface area contributed by atoms with Crippen LogP contribution in [0.3, 0.4) is 0 Å². The van der Waals surface area contributed by atoms with Crippen molar-refractivity contribution < 1.29 is 4.79 Å². The summed E-state index contributed by atoms with van der Waals surface area (Å²) in [4.78, 5) is 14.1.